The maximum atomic E-state index is 12.1. The molecule has 7 N–H and O–H groups in total. The number of ether oxygens (including phenoxy) is 1. The molecule has 0 radical (unpaired) electrons. The molecule has 2 aromatic carbocycles. The highest BCUT2D eigenvalue weighted by Gasteiger charge is 2.37. The Morgan fingerprint density at radius 1 is 1.12 bits per heavy atom. The Morgan fingerprint density at radius 3 is 2.35 bits per heavy atom. The van der Waals surface area contributed by atoms with E-state index in [4.69, 9.17) is 21.4 Å². The third-order valence-corrected chi connectivity index (χ3v) is 5.50. The van der Waals surface area contributed by atoms with Crippen LogP contribution in [0.5, 0.6) is 5.75 Å². The summed E-state index contributed by atoms with van der Waals surface area (Å²) in [6.45, 7) is 2.46. The molecule has 3 rings (SSSR count). The van der Waals surface area contributed by atoms with Crippen molar-refractivity contribution in [2.75, 3.05) is 6.54 Å². The summed E-state index contributed by atoms with van der Waals surface area (Å²) >= 11 is 0. The molecule has 1 heterocycles. The Kier molecular flexibility index (Phi) is 10.3. The number of aliphatic carboxylic acids is 1. The number of piperidine rings is 1. The van der Waals surface area contributed by atoms with Crippen LogP contribution in [0.25, 0.3) is 0 Å². The first-order valence-electron chi connectivity index (χ1n) is 11.0. The highest BCUT2D eigenvalue weighted by atomic mass is 16.6. The molecule has 10 heteroatoms. The minimum Gasteiger partial charge on any atom is -0.508 e. The van der Waals surface area contributed by atoms with Crippen LogP contribution in [0.3, 0.4) is 0 Å². The van der Waals surface area contributed by atoms with Crippen molar-refractivity contribution in [3.8, 4) is 5.75 Å². The summed E-state index contributed by atoms with van der Waals surface area (Å²) in [5.74, 6) is 3.70. The summed E-state index contributed by atoms with van der Waals surface area (Å²) in [5, 5.41) is 18.3. The van der Waals surface area contributed by atoms with E-state index in [1.54, 1.807) is 24.3 Å². The third-order valence-electron chi connectivity index (χ3n) is 5.50. The topological polar surface area (TPSA) is 168 Å². The van der Waals surface area contributed by atoms with Gasteiger partial charge in [0.1, 0.15) is 18.4 Å². The lowest BCUT2D eigenvalue weighted by molar-refractivity contribution is -0.146. The van der Waals surface area contributed by atoms with Gasteiger partial charge in [0.05, 0.1) is 6.04 Å². The number of nitrogens with one attached hydrogen (secondary N) is 1. The molecule has 0 spiro atoms. The van der Waals surface area contributed by atoms with Gasteiger partial charge in [-0.3, -0.25) is 15.1 Å². The van der Waals surface area contributed by atoms with Crippen LogP contribution in [0.2, 0.25) is 0 Å². The average molecular weight is 473 g/mol. The second kappa shape index (κ2) is 13.2. The fourth-order valence-electron chi connectivity index (χ4n) is 3.66. The largest absolute Gasteiger partial charge is 0.508 e. The number of hydrogen-bond donors (Lipinski definition) is 5. The van der Waals surface area contributed by atoms with Crippen molar-refractivity contribution in [1.82, 2.24) is 10.3 Å². The van der Waals surface area contributed by atoms with Gasteiger partial charge in [0.25, 0.3) is 5.91 Å². The fraction of sp³-hybridized carbons (Fsp3) is 0.375. The summed E-state index contributed by atoms with van der Waals surface area (Å²) in [5.41, 5.74) is 9.29. The van der Waals surface area contributed by atoms with Crippen molar-refractivity contribution in [3.63, 3.8) is 0 Å². The molecule has 2 unspecified atom stereocenters. The van der Waals surface area contributed by atoms with Crippen LogP contribution in [0.1, 0.15) is 30.9 Å². The van der Waals surface area contributed by atoms with Crippen LogP contribution >= 0.6 is 0 Å². The summed E-state index contributed by atoms with van der Waals surface area (Å²) in [7, 11) is 0. The second-order valence-corrected chi connectivity index (χ2v) is 8.12. The van der Waals surface area contributed by atoms with Gasteiger partial charge in [0.2, 0.25) is 0 Å². The van der Waals surface area contributed by atoms with Crippen molar-refractivity contribution in [2.45, 2.75) is 44.9 Å². The van der Waals surface area contributed by atoms with Crippen LogP contribution in [-0.2, 0) is 27.4 Å². The molecule has 1 saturated heterocycles. The average Bonchev–Trinajstić information content (AvgIpc) is 2.84. The van der Waals surface area contributed by atoms with E-state index in [-0.39, 0.29) is 18.3 Å². The van der Waals surface area contributed by atoms with Gasteiger partial charge in [0.15, 0.2) is 0 Å². The predicted molar refractivity (Wildman–Crippen MR) is 125 cm³/mol. The molecule has 1 fully saturated rings. The molecule has 0 aromatic heterocycles. The van der Waals surface area contributed by atoms with Gasteiger partial charge in [-0.05, 0) is 48.4 Å². The first-order valence-corrected chi connectivity index (χ1v) is 11.0. The van der Waals surface area contributed by atoms with Gasteiger partial charge in [-0.15, -0.1) is 0 Å². The number of carbonyl (C=O) groups is 3. The zero-order valence-corrected chi connectivity index (χ0v) is 19.1. The van der Waals surface area contributed by atoms with E-state index in [0.29, 0.717) is 13.0 Å². The Morgan fingerprint density at radius 2 is 1.76 bits per heavy atom. The van der Waals surface area contributed by atoms with E-state index in [1.807, 2.05) is 42.7 Å². The minimum absolute atomic E-state index is 0.0504. The minimum atomic E-state index is -0.964. The number of phenols is 1. The summed E-state index contributed by atoms with van der Waals surface area (Å²) in [6.07, 6.45) is 1.47. The molecule has 0 saturated carbocycles. The van der Waals surface area contributed by atoms with Gasteiger partial charge in [-0.25, -0.2) is 15.4 Å². The highest BCUT2D eigenvalue weighted by molar-refractivity contribution is 5.81. The summed E-state index contributed by atoms with van der Waals surface area (Å²) in [4.78, 5) is 35.7. The number of carboxylic acids is 1. The molecule has 10 nitrogen and oxygen atoms in total. The first-order chi connectivity index (χ1) is 16.2. The second-order valence-electron chi connectivity index (χ2n) is 8.12. The number of phenolic OH excluding ortho intramolecular Hbond substituents is 1. The third kappa shape index (κ3) is 8.05. The number of nitrogens with zero attached hydrogens (tertiary/aromatic N) is 1. The number of hydrazine groups is 1. The van der Waals surface area contributed by atoms with E-state index in [0.717, 1.165) is 24.0 Å². The number of benzene rings is 2. The van der Waals surface area contributed by atoms with Crippen LogP contribution in [0.4, 0.5) is 4.79 Å². The van der Waals surface area contributed by atoms with Crippen LogP contribution < -0.4 is 17.0 Å². The van der Waals surface area contributed by atoms with Crippen molar-refractivity contribution < 1.29 is 29.3 Å². The molecular weight excluding hydrogens is 440 g/mol. The van der Waals surface area contributed by atoms with Gasteiger partial charge < -0.3 is 20.7 Å². The molecule has 2 amide bonds. The molecular formula is C24H32N4O6. The van der Waals surface area contributed by atoms with Crippen molar-refractivity contribution >= 4 is 18.0 Å². The number of aromatic hydroxyl groups is 1. The number of rotatable bonds is 6. The number of nitrogens with two attached hydrogens (primary N) is 2. The van der Waals surface area contributed by atoms with E-state index >= 15 is 0 Å². The number of carboxylic acid groups (broad SMARTS) is 1. The zero-order valence-electron chi connectivity index (χ0n) is 19.1. The molecule has 184 valence electrons. The summed E-state index contributed by atoms with van der Waals surface area (Å²) in [6, 6.07) is 14.4. The standard InChI is InChI=1S/C15H19NO4.C9H13N3O2/c1-11-6-5-9-16(13(11)14(17)18)15(19)20-10-12-7-3-2-4-8-12;10-8(9(14)12-11)5-6-1-3-7(13)4-2-6/h2-4,7-8,11,13H,5-6,9-10H2,1H3,(H,17,18);1-4,8,13H,5,10-11H2,(H,12,14)/t;8-/m.1/s1. The Bertz CT molecular complexity index is 938. The Labute approximate surface area is 198 Å². The molecule has 0 bridgehead atoms. The van der Waals surface area contributed by atoms with Crippen molar-refractivity contribution in [1.29, 1.82) is 0 Å². The monoisotopic (exact) mass is 472 g/mol. The van der Waals surface area contributed by atoms with Gasteiger partial charge >= 0.3 is 12.1 Å². The Hall–Kier alpha value is -3.63. The van der Waals surface area contributed by atoms with Crippen LogP contribution in [0.15, 0.2) is 54.6 Å². The first kappa shape index (κ1) is 26.6. The number of likely N-dealkylation sites (tertiary alicyclic amines) is 1. The smallest absolute Gasteiger partial charge is 0.410 e. The zero-order chi connectivity index (χ0) is 25.1. The Balaban J connectivity index is 0.000000257. The fourth-order valence-corrected chi connectivity index (χ4v) is 3.66. The maximum Gasteiger partial charge on any atom is 0.410 e. The van der Waals surface area contributed by atoms with E-state index in [2.05, 4.69) is 0 Å². The van der Waals surface area contributed by atoms with Gasteiger partial charge in [-0.2, -0.15) is 0 Å². The molecule has 1 aliphatic rings. The lowest BCUT2D eigenvalue weighted by atomic mass is 9.91. The van der Waals surface area contributed by atoms with Gasteiger partial charge in [0, 0.05) is 6.54 Å². The maximum absolute atomic E-state index is 12.1. The number of hydrogen-bond acceptors (Lipinski definition) is 7. The van der Waals surface area contributed by atoms with Gasteiger partial charge in [-0.1, -0.05) is 49.4 Å². The molecule has 1 aliphatic heterocycles. The predicted octanol–water partition coefficient (Wildman–Crippen LogP) is 1.76. The summed E-state index contributed by atoms with van der Waals surface area (Å²) < 4.78 is 5.22. The quantitative estimate of drug-likeness (QED) is 0.241. The SMILES string of the molecule is CC1CCCN(C(=O)OCc2ccccc2)C1C(=O)O.NNC(=O)[C@H](N)Cc1ccc(O)cc1. The van der Waals surface area contributed by atoms with Crippen LogP contribution in [0, 0.1) is 5.92 Å². The van der Waals surface area contributed by atoms with E-state index in [1.165, 1.54) is 4.90 Å². The van der Waals surface area contributed by atoms with Crippen molar-refractivity contribution in [2.24, 2.45) is 17.5 Å². The number of carbonyl (C=O) groups excluding carboxylic acids is 2. The lowest BCUT2D eigenvalue weighted by Crippen LogP contribution is -2.52. The molecule has 2 aromatic rings. The molecule has 34 heavy (non-hydrogen) atoms. The highest BCUT2D eigenvalue weighted by Crippen LogP contribution is 2.24. The van der Waals surface area contributed by atoms with E-state index < -0.39 is 30.1 Å². The normalized spacial score (nSPS) is 18.1. The molecule has 3 atom stereocenters. The number of amides is 2. The van der Waals surface area contributed by atoms with Crippen LogP contribution in [-0.4, -0.2) is 51.7 Å². The molecule has 0 aliphatic carbocycles. The van der Waals surface area contributed by atoms with Crippen molar-refractivity contribution in [3.05, 3.63) is 65.7 Å². The van der Waals surface area contributed by atoms with E-state index in [9.17, 15) is 19.5 Å². The lowest BCUT2D eigenvalue weighted by Gasteiger charge is -2.36.